The minimum atomic E-state index is 0.0280. The van der Waals surface area contributed by atoms with Crippen LogP contribution in [0.15, 0.2) is 23.6 Å². The zero-order chi connectivity index (χ0) is 23.6. The third-order valence-electron chi connectivity index (χ3n) is 7.89. The zero-order valence-corrected chi connectivity index (χ0v) is 21.6. The molecule has 0 bridgehead atoms. The van der Waals surface area contributed by atoms with E-state index in [9.17, 15) is 10.2 Å². The van der Waals surface area contributed by atoms with Gasteiger partial charge in [0.15, 0.2) is 5.13 Å². The zero-order valence-electron chi connectivity index (χ0n) is 20.8. The molecule has 0 radical (unpaired) electrons. The first-order chi connectivity index (χ1) is 15.7. The number of anilines is 1. The number of aliphatic hydroxyl groups is 2. The van der Waals surface area contributed by atoms with Gasteiger partial charge in [0.05, 0.1) is 5.69 Å². The molecule has 0 unspecified atom stereocenters. The molecule has 0 amide bonds. The summed E-state index contributed by atoms with van der Waals surface area (Å²) < 4.78 is 0. The van der Waals surface area contributed by atoms with Crippen molar-refractivity contribution in [2.75, 3.05) is 50.8 Å². The number of hydrogen-bond acceptors (Lipinski definition) is 6. The first kappa shape index (κ1) is 24.6. The van der Waals surface area contributed by atoms with E-state index in [-0.39, 0.29) is 30.0 Å². The fraction of sp³-hybridized carbons (Fsp3) is 0.667. The van der Waals surface area contributed by atoms with Gasteiger partial charge in [-0.25, -0.2) is 4.98 Å². The van der Waals surface area contributed by atoms with E-state index in [1.165, 1.54) is 29.5 Å². The molecule has 0 spiro atoms. The number of aliphatic hydroxyl groups excluding tert-OH is 2. The molecule has 2 N–H and O–H groups in total. The van der Waals surface area contributed by atoms with E-state index in [1.807, 2.05) is 0 Å². The van der Waals surface area contributed by atoms with E-state index in [0.717, 1.165) is 56.4 Å². The van der Waals surface area contributed by atoms with Gasteiger partial charge in [-0.2, -0.15) is 0 Å². The van der Waals surface area contributed by atoms with E-state index < -0.39 is 0 Å². The quantitative estimate of drug-likeness (QED) is 0.586. The van der Waals surface area contributed by atoms with Crippen molar-refractivity contribution in [3.63, 3.8) is 0 Å². The van der Waals surface area contributed by atoms with Crippen LogP contribution in [0.25, 0.3) is 11.3 Å². The van der Waals surface area contributed by atoms with Gasteiger partial charge in [0.25, 0.3) is 0 Å². The summed E-state index contributed by atoms with van der Waals surface area (Å²) >= 11 is 1.76. The number of rotatable bonds is 8. The van der Waals surface area contributed by atoms with Crippen molar-refractivity contribution in [1.82, 2.24) is 9.88 Å². The highest BCUT2D eigenvalue weighted by molar-refractivity contribution is 7.14. The molecule has 182 valence electrons. The maximum Gasteiger partial charge on any atom is 0.185 e. The molecule has 0 atom stereocenters. The van der Waals surface area contributed by atoms with Crippen molar-refractivity contribution in [3.05, 3.63) is 34.7 Å². The van der Waals surface area contributed by atoms with Crippen molar-refractivity contribution in [1.29, 1.82) is 0 Å². The Morgan fingerprint density at radius 3 is 2.30 bits per heavy atom. The molecule has 1 aliphatic heterocycles. The van der Waals surface area contributed by atoms with Crippen molar-refractivity contribution < 1.29 is 10.2 Å². The smallest absolute Gasteiger partial charge is 0.185 e. The molecule has 5 nitrogen and oxygen atoms in total. The van der Waals surface area contributed by atoms with Crippen LogP contribution in [0.2, 0.25) is 0 Å². The first-order valence-electron chi connectivity index (χ1n) is 12.5. The lowest BCUT2D eigenvalue weighted by molar-refractivity contribution is 0.137. The fourth-order valence-electron chi connectivity index (χ4n) is 5.30. The van der Waals surface area contributed by atoms with Crippen LogP contribution < -0.4 is 4.90 Å². The number of hydrogen-bond donors (Lipinski definition) is 2. The highest BCUT2D eigenvalue weighted by atomic mass is 32.1. The van der Waals surface area contributed by atoms with Gasteiger partial charge in [0, 0.05) is 56.3 Å². The molecular formula is C27H41N3O2S. The Morgan fingerprint density at radius 2 is 1.64 bits per heavy atom. The van der Waals surface area contributed by atoms with Crippen molar-refractivity contribution in [2.24, 2.45) is 5.92 Å². The second-order valence-corrected chi connectivity index (χ2v) is 12.1. The van der Waals surface area contributed by atoms with Crippen LogP contribution in [-0.4, -0.2) is 66.0 Å². The third kappa shape index (κ3) is 5.45. The second kappa shape index (κ2) is 10.0. The van der Waals surface area contributed by atoms with Gasteiger partial charge in [0.1, 0.15) is 0 Å². The topological polar surface area (TPSA) is 59.8 Å². The average Bonchev–Trinajstić information content (AvgIpc) is 3.30. The number of piperazine rings is 1. The largest absolute Gasteiger partial charge is 0.396 e. The molecule has 2 heterocycles. The van der Waals surface area contributed by atoms with Crippen molar-refractivity contribution >= 4 is 16.5 Å². The summed E-state index contributed by atoms with van der Waals surface area (Å²) in [6.45, 7) is 14.8. The molecule has 1 saturated heterocycles. The molecule has 6 heteroatoms. The summed E-state index contributed by atoms with van der Waals surface area (Å²) in [5, 5.41) is 21.8. The highest BCUT2D eigenvalue weighted by Gasteiger charge is 2.37. The summed E-state index contributed by atoms with van der Waals surface area (Å²) in [5.41, 5.74) is 5.78. The summed E-state index contributed by atoms with van der Waals surface area (Å²) in [5.74, 6) is 0.0280. The second-order valence-electron chi connectivity index (χ2n) is 11.2. The van der Waals surface area contributed by atoms with Crippen LogP contribution in [0.5, 0.6) is 0 Å². The predicted octanol–water partition coefficient (Wildman–Crippen LogP) is 4.66. The lowest BCUT2D eigenvalue weighted by Gasteiger charge is -2.42. The standard InChI is InChI=1S/C27H41N3O2S/c1-26(2)9-10-27(3,4)23-16-21(7-8-22(23)26)24-19-33-25(28-24)30-14-12-29(13-15-30)11-5-6-20(17-31)18-32/h7-8,16,19-20,31-32H,5-6,9-15,17-18H2,1-4H3. The van der Waals surface area contributed by atoms with Gasteiger partial charge < -0.3 is 15.1 Å². The summed E-state index contributed by atoms with van der Waals surface area (Å²) in [7, 11) is 0. The fourth-order valence-corrected chi connectivity index (χ4v) is 6.19. The van der Waals surface area contributed by atoms with E-state index in [4.69, 9.17) is 4.98 Å². The molecule has 2 aromatic rings. The molecule has 2 aliphatic rings. The van der Waals surface area contributed by atoms with Gasteiger partial charge in [-0.15, -0.1) is 11.3 Å². The van der Waals surface area contributed by atoms with E-state index in [2.05, 4.69) is 61.1 Å². The summed E-state index contributed by atoms with van der Waals surface area (Å²) in [4.78, 5) is 9.95. The third-order valence-corrected chi connectivity index (χ3v) is 8.79. The highest BCUT2D eigenvalue weighted by Crippen LogP contribution is 2.46. The molecule has 1 fully saturated rings. The van der Waals surface area contributed by atoms with Crippen LogP contribution in [-0.2, 0) is 10.8 Å². The van der Waals surface area contributed by atoms with Gasteiger partial charge in [0.2, 0.25) is 0 Å². The van der Waals surface area contributed by atoms with Gasteiger partial charge in [-0.05, 0) is 60.3 Å². The summed E-state index contributed by atoms with van der Waals surface area (Å²) in [6, 6.07) is 7.02. The van der Waals surface area contributed by atoms with E-state index in [1.54, 1.807) is 11.3 Å². The predicted molar refractivity (Wildman–Crippen MR) is 138 cm³/mol. The Bertz CT molecular complexity index is 927. The minimum Gasteiger partial charge on any atom is -0.396 e. The number of fused-ring (bicyclic) bond motifs is 1. The summed E-state index contributed by atoms with van der Waals surface area (Å²) in [6.07, 6.45) is 4.38. The number of thiazole rings is 1. The monoisotopic (exact) mass is 471 g/mol. The molecule has 1 aromatic heterocycles. The van der Waals surface area contributed by atoms with Crippen LogP contribution in [0, 0.1) is 5.92 Å². The Labute approximate surface area is 203 Å². The maximum absolute atomic E-state index is 9.23. The molecule has 0 saturated carbocycles. The Balaban J connectivity index is 1.38. The van der Waals surface area contributed by atoms with Crippen LogP contribution in [0.3, 0.4) is 0 Å². The number of benzene rings is 1. The SMILES string of the molecule is CC1(C)CCC(C)(C)c2cc(-c3csc(N4CCN(CCCC(CO)CO)CC4)n3)ccc21. The Hall–Kier alpha value is -1.47. The molecule has 1 aromatic carbocycles. The van der Waals surface area contributed by atoms with Gasteiger partial charge in [-0.3, -0.25) is 4.90 Å². The normalized spacial score (nSPS) is 20.3. The van der Waals surface area contributed by atoms with Gasteiger partial charge >= 0.3 is 0 Å². The molecule has 4 rings (SSSR count). The Morgan fingerprint density at radius 1 is 0.970 bits per heavy atom. The van der Waals surface area contributed by atoms with Crippen LogP contribution in [0.1, 0.15) is 64.5 Å². The van der Waals surface area contributed by atoms with Gasteiger partial charge in [-0.1, -0.05) is 39.8 Å². The maximum atomic E-state index is 9.23. The number of aromatic nitrogens is 1. The first-order valence-corrected chi connectivity index (χ1v) is 13.4. The molecular weight excluding hydrogens is 430 g/mol. The van der Waals surface area contributed by atoms with Crippen molar-refractivity contribution in [3.8, 4) is 11.3 Å². The van der Waals surface area contributed by atoms with Crippen molar-refractivity contribution in [2.45, 2.75) is 64.2 Å². The average molecular weight is 472 g/mol. The Kier molecular flexibility index (Phi) is 7.49. The molecule has 1 aliphatic carbocycles. The molecule has 33 heavy (non-hydrogen) atoms. The van der Waals surface area contributed by atoms with E-state index in [0.29, 0.717) is 0 Å². The lowest BCUT2D eigenvalue weighted by Crippen LogP contribution is -2.46. The van der Waals surface area contributed by atoms with E-state index >= 15 is 0 Å². The minimum absolute atomic E-state index is 0.0280. The lowest BCUT2D eigenvalue weighted by atomic mass is 9.63. The van der Waals surface area contributed by atoms with Crippen LogP contribution >= 0.6 is 11.3 Å². The number of nitrogens with zero attached hydrogens (tertiary/aromatic N) is 3. The van der Waals surface area contributed by atoms with Crippen LogP contribution in [0.4, 0.5) is 5.13 Å².